The quantitative estimate of drug-likeness (QED) is 0.751. The van der Waals surface area contributed by atoms with Crippen molar-refractivity contribution in [3.05, 3.63) is 59.9 Å². The molecule has 1 heterocycles. The SMILES string of the molecule is Cc1ccc(N2C(=O)[C@H](CC(=O)Nc3ccc(F)cc3)N(C3CCCC3)C2=O)cc1. The molecule has 4 amide bonds. The van der Waals surface area contributed by atoms with E-state index in [2.05, 4.69) is 5.32 Å². The summed E-state index contributed by atoms with van der Waals surface area (Å²) in [6.07, 6.45) is 3.53. The Morgan fingerprint density at radius 2 is 1.67 bits per heavy atom. The van der Waals surface area contributed by atoms with Crippen LogP contribution in [0.25, 0.3) is 0 Å². The van der Waals surface area contributed by atoms with E-state index in [1.54, 1.807) is 17.0 Å². The van der Waals surface area contributed by atoms with E-state index in [9.17, 15) is 18.8 Å². The molecule has 1 N–H and O–H groups in total. The van der Waals surface area contributed by atoms with Gasteiger partial charge in [0.15, 0.2) is 0 Å². The second-order valence-corrected chi connectivity index (χ2v) is 7.91. The lowest BCUT2D eigenvalue weighted by atomic mass is 10.1. The normalized spacial score (nSPS) is 19.6. The number of amides is 4. The fraction of sp³-hybridized carbons (Fsp3) is 0.348. The minimum atomic E-state index is -0.845. The Kier molecular flexibility index (Phi) is 5.53. The van der Waals surface area contributed by atoms with Crippen LogP contribution in [0, 0.1) is 12.7 Å². The van der Waals surface area contributed by atoms with E-state index in [0.717, 1.165) is 31.2 Å². The number of carbonyl (C=O) groups excluding carboxylic acids is 3. The molecule has 1 aliphatic carbocycles. The monoisotopic (exact) mass is 409 g/mol. The molecule has 2 aromatic carbocycles. The third-order valence-corrected chi connectivity index (χ3v) is 5.77. The Bertz CT molecular complexity index is 953. The molecule has 1 saturated heterocycles. The molecule has 6 nitrogen and oxygen atoms in total. The predicted octanol–water partition coefficient (Wildman–Crippen LogP) is 4.24. The van der Waals surface area contributed by atoms with Crippen LogP contribution in [-0.2, 0) is 9.59 Å². The van der Waals surface area contributed by atoms with Crippen molar-refractivity contribution in [3.8, 4) is 0 Å². The van der Waals surface area contributed by atoms with Gasteiger partial charge in [0.2, 0.25) is 5.91 Å². The molecular weight excluding hydrogens is 385 g/mol. The highest BCUT2D eigenvalue weighted by Crippen LogP contribution is 2.34. The fourth-order valence-electron chi connectivity index (χ4n) is 4.24. The zero-order chi connectivity index (χ0) is 21.3. The number of hydrogen-bond acceptors (Lipinski definition) is 3. The van der Waals surface area contributed by atoms with E-state index in [-0.39, 0.29) is 30.3 Å². The standard InChI is InChI=1S/C23H24FN3O3/c1-15-6-12-19(13-7-15)27-22(29)20(26(23(27)30)18-4-2-3-5-18)14-21(28)25-17-10-8-16(24)9-11-17/h6-13,18,20H,2-5,14H2,1H3,(H,25,28)/t20-/m0/s1. The maximum atomic E-state index is 13.2. The van der Waals surface area contributed by atoms with Crippen molar-refractivity contribution >= 4 is 29.2 Å². The highest BCUT2D eigenvalue weighted by molar-refractivity contribution is 6.22. The van der Waals surface area contributed by atoms with Crippen LogP contribution in [0.3, 0.4) is 0 Å². The van der Waals surface area contributed by atoms with Gasteiger partial charge in [0, 0.05) is 11.7 Å². The molecule has 7 heteroatoms. The van der Waals surface area contributed by atoms with Crippen LogP contribution in [0.5, 0.6) is 0 Å². The Hall–Kier alpha value is -3.22. The maximum Gasteiger partial charge on any atom is 0.332 e. The number of carbonyl (C=O) groups is 3. The lowest BCUT2D eigenvalue weighted by molar-refractivity contribution is -0.124. The average Bonchev–Trinajstić information content (AvgIpc) is 3.32. The summed E-state index contributed by atoms with van der Waals surface area (Å²) >= 11 is 0. The van der Waals surface area contributed by atoms with E-state index in [4.69, 9.17) is 0 Å². The summed E-state index contributed by atoms with van der Waals surface area (Å²) in [4.78, 5) is 41.9. The molecule has 0 unspecified atom stereocenters. The van der Waals surface area contributed by atoms with Gasteiger partial charge in [0.05, 0.1) is 12.1 Å². The molecule has 156 valence electrons. The van der Waals surface area contributed by atoms with Gasteiger partial charge in [-0.3, -0.25) is 9.59 Å². The first-order valence-corrected chi connectivity index (χ1v) is 10.2. The van der Waals surface area contributed by atoms with Crippen molar-refractivity contribution in [2.45, 2.75) is 51.1 Å². The number of halogens is 1. The fourth-order valence-corrected chi connectivity index (χ4v) is 4.24. The number of nitrogens with zero attached hydrogens (tertiary/aromatic N) is 2. The third kappa shape index (κ3) is 3.92. The van der Waals surface area contributed by atoms with Crippen molar-refractivity contribution in [1.82, 2.24) is 4.90 Å². The molecule has 1 atom stereocenters. The van der Waals surface area contributed by atoms with Crippen molar-refractivity contribution in [2.24, 2.45) is 0 Å². The van der Waals surface area contributed by atoms with Crippen molar-refractivity contribution in [1.29, 1.82) is 0 Å². The van der Waals surface area contributed by atoms with E-state index in [1.165, 1.54) is 29.2 Å². The van der Waals surface area contributed by atoms with Crippen LogP contribution < -0.4 is 10.2 Å². The molecule has 2 fully saturated rings. The summed E-state index contributed by atoms with van der Waals surface area (Å²) in [6.45, 7) is 1.94. The summed E-state index contributed by atoms with van der Waals surface area (Å²) in [5.41, 5.74) is 1.99. The highest BCUT2D eigenvalue weighted by Gasteiger charge is 2.49. The zero-order valence-electron chi connectivity index (χ0n) is 16.8. The average molecular weight is 409 g/mol. The number of hydrogen-bond donors (Lipinski definition) is 1. The van der Waals surface area contributed by atoms with Crippen LogP contribution >= 0.6 is 0 Å². The van der Waals surface area contributed by atoms with Gasteiger partial charge in [0.25, 0.3) is 5.91 Å². The van der Waals surface area contributed by atoms with Crippen LogP contribution in [0.2, 0.25) is 0 Å². The van der Waals surface area contributed by atoms with E-state index in [0.29, 0.717) is 11.4 Å². The molecule has 0 spiro atoms. The number of benzene rings is 2. The number of imide groups is 1. The van der Waals surface area contributed by atoms with E-state index in [1.807, 2.05) is 19.1 Å². The van der Waals surface area contributed by atoms with Crippen LogP contribution in [0.4, 0.5) is 20.6 Å². The Morgan fingerprint density at radius 3 is 2.30 bits per heavy atom. The molecule has 0 aromatic heterocycles. The van der Waals surface area contributed by atoms with Gasteiger partial charge in [0.1, 0.15) is 11.9 Å². The Balaban J connectivity index is 1.57. The number of urea groups is 1. The first-order valence-electron chi connectivity index (χ1n) is 10.2. The van der Waals surface area contributed by atoms with Crippen molar-refractivity contribution in [2.75, 3.05) is 10.2 Å². The maximum absolute atomic E-state index is 13.2. The lowest BCUT2D eigenvalue weighted by Crippen LogP contribution is -2.43. The zero-order valence-corrected chi connectivity index (χ0v) is 16.8. The number of nitrogens with one attached hydrogen (secondary N) is 1. The Labute approximate surface area is 174 Å². The number of aryl methyl sites for hydroxylation is 1. The first kappa shape index (κ1) is 20.1. The summed E-state index contributed by atoms with van der Waals surface area (Å²) in [5, 5.41) is 2.69. The first-order chi connectivity index (χ1) is 14.4. The summed E-state index contributed by atoms with van der Waals surface area (Å²) in [5.74, 6) is -1.17. The lowest BCUT2D eigenvalue weighted by Gasteiger charge is -2.27. The molecule has 30 heavy (non-hydrogen) atoms. The summed E-state index contributed by atoms with van der Waals surface area (Å²) < 4.78 is 13.1. The van der Waals surface area contributed by atoms with Crippen molar-refractivity contribution in [3.63, 3.8) is 0 Å². The van der Waals surface area contributed by atoms with Crippen molar-refractivity contribution < 1.29 is 18.8 Å². The van der Waals surface area contributed by atoms with E-state index < -0.39 is 11.9 Å². The predicted molar refractivity (Wildman–Crippen MR) is 112 cm³/mol. The van der Waals surface area contributed by atoms with Gasteiger partial charge in [-0.15, -0.1) is 0 Å². The molecule has 2 aliphatic rings. The largest absolute Gasteiger partial charge is 0.332 e. The second kappa shape index (κ2) is 8.26. The van der Waals surface area contributed by atoms with Gasteiger partial charge in [-0.2, -0.15) is 0 Å². The third-order valence-electron chi connectivity index (χ3n) is 5.77. The molecular formula is C23H24FN3O3. The van der Waals surface area contributed by atoms with Crippen LogP contribution in [-0.4, -0.2) is 34.8 Å². The van der Waals surface area contributed by atoms with Crippen LogP contribution in [0.1, 0.15) is 37.7 Å². The van der Waals surface area contributed by atoms with E-state index >= 15 is 0 Å². The summed E-state index contributed by atoms with van der Waals surface area (Å²) in [7, 11) is 0. The Morgan fingerprint density at radius 1 is 1.03 bits per heavy atom. The second-order valence-electron chi connectivity index (χ2n) is 7.91. The number of anilines is 2. The topological polar surface area (TPSA) is 69.7 Å². The van der Waals surface area contributed by atoms with Crippen LogP contribution in [0.15, 0.2) is 48.5 Å². The summed E-state index contributed by atoms with van der Waals surface area (Å²) in [6, 6.07) is 11.4. The smallest absolute Gasteiger partial charge is 0.326 e. The number of rotatable bonds is 5. The van der Waals surface area contributed by atoms with Gasteiger partial charge in [-0.25, -0.2) is 14.1 Å². The molecule has 0 radical (unpaired) electrons. The minimum Gasteiger partial charge on any atom is -0.326 e. The highest BCUT2D eigenvalue weighted by atomic mass is 19.1. The van der Waals surface area contributed by atoms with Gasteiger partial charge < -0.3 is 10.2 Å². The van der Waals surface area contributed by atoms with Gasteiger partial charge in [-0.1, -0.05) is 30.5 Å². The molecule has 4 rings (SSSR count). The molecule has 1 aliphatic heterocycles. The molecule has 2 aromatic rings. The van der Waals surface area contributed by atoms with Gasteiger partial charge >= 0.3 is 6.03 Å². The van der Waals surface area contributed by atoms with Gasteiger partial charge in [-0.05, 0) is 56.2 Å². The molecule has 1 saturated carbocycles. The molecule has 0 bridgehead atoms. The minimum absolute atomic E-state index is 0.0412.